The molecular weight excluding hydrogens is 1210 g/mol. The second kappa shape index (κ2) is 46.7. The number of hydrogen-bond donors (Lipinski definition) is 4. The minimum Gasteiger partial charge on any atom is -0.748 e. The van der Waals surface area contributed by atoms with E-state index in [-0.39, 0.29) is 78.6 Å². The number of amides is 3. The molecule has 0 bridgehead atoms. The maximum atomic E-state index is 12.5. The number of unbranched alkanes of at least 4 members (excludes halogenated alkanes) is 2. The van der Waals surface area contributed by atoms with Gasteiger partial charge in [-0.25, -0.2) is 33.7 Å². The van der Waals surface area contributed by atoms with Gasteiger partial charge in [0.25, 0.3) is 5.91 Å². The van der Waals surface area contributed by atoms with Gasteiger partial charge in [-0.2, -0.15) is 0 Å². The maximum Gasteiger partial charge on any atom is 0.320 e. The van der Waals surface area contributed by atoms with E-state index >= 15 is 0 Å². The minimum absolute atomic E-state index is 0.0417. The van der Waals surface area contributed by atoms with Gasteiger partial charge in [-0.1, -0.05) is 155 Å². The number of ether oxygens (including phenoxy) is 1. The van der Waals surface area contributed by atoms with Gasteiger partial charge in [-0.05, 0) is 117 Å². The highest BCUT2D eigenvalue weighted by Crippen LogP contribution is 2.24. The highest BCUT2D eigenvalue weighted by atomic mass is 32.2. The van der Waals surface area contributed by atoms with Crippen LogP contribution in [0.2, 0.25) is 0 Å². The van der Waals surface area contributed by atoms with Crippen molar-refractivity contribution in [1.82, 2.24) is 16.0 Å². The van der Waals surface area contributed by atoms with Gasteiger partial charge >= 0.3 is 5.97 Å². The third-order valence-corrected chi connectivity index (χ3v) is 17.1. The fraction of sp³-hybridized carbons (Fsp3) is 0.839. The highest BCUT2D eigenvalue weighted by molar-refractivity contribution is 7.86. The quantitative estimate of drug-likeness (QED) is 0.0205. The summed E-state index contributed by atoms with van der Waals surface area (Å²) in [7, 11) is -15.2. The Morgan fingerprint density at radius 1 is 0.500 bits per heavy atom. The molecule has 1 aromatic carbocycles. The summed E-state index contributed by atoms with van der Waals surface area (Å²) >= 11 is 0. The summed E-state index contributed by atoms with van der Waals surface area (Å²) in [5.74, 6) is 1.14. The molecule has 26 heteroatoms. The second-order valence-corrected chi connectivity index (χ2v) is 32.8. The maximum absolute atomic E-state index is 12.5. The number of hydrogen-bond acceptors (Lipinski definition) is 18. The van der Waals surface area contributed by atoms with Gasteiger partial charge in [0.1, 0.15) is 16.2 Å². The van der Waals surface area contributed by atoms with E-state index in [1.54, 1.807) is 6.07 Å². The van der Waals surface area contributed by atoms with Gasteiger partial charge in [0.05, 0.1) is 79.2 Å². The summed E-state index contributed by atoms with van der Waals surface area (Å²) in [6.45, 7) is 35.6. The van der Waals surface area contributed by atoms with Crippen molar-refractivity contribution in [3.63, 3.8) is 0 Å². The van der Waals surface area contributed by atoms with Crippen molar-refractivity contribution in [1.29, 1.82) is 0 Å². The third kappa shape index (κ3) is 55.5. The SMILES string of the molecule is CC(C)CC(CC(C)C)OC(=O)CNCCS(=O)(=O)[O-].CC(C)CCCCC(C(=O)NCCS(=O)(=O)[O-])C(C)C.CC(C)CCCCC(C(=O)Nc1cccc(S(=O)(=O)[O-])c1)C(C)C.CC(C)CCC[N+](C)(CCCC(C)C)CC(=O)NCCS(=O)(=O)[O-]. The lowest BCUT2D eigenvalue weighted by atomic mass is 9.89. The fourth-order valence-corrected chi connectivity index (χ4v) is 11.0. The summed E-state index contributed by atoms with van der Waals surface area (Å²) in [6.07, 6.45) is 14.0. The third-order valence-electron chi connectivity index (χ3n) is 14.1. The first kappa shape index (κ1) is 88.9. The first-order valence-corrected chi connectivity index (χ1v) is 37.9. The number of rotatable bonds is 42. The van der Waals surface area contributed by atoms with Crippen molar-refractivity contribution in [3.8, 4) is 0 Å². The van der Waals surface area contributed by atoms with Gasteiger partial charge < -0.3 is 48.7 Å². The van der Waals surface area contributed by atoms with E-state index in [1.807, 2.05) is 27.7 Å². The predicted octanol–water partition coefficient (Wildman–Crippen LogP) is 9.25. The zero-order valence-electron chi connectivity index (χ0n) is 56.7. The molecule has 0 heterocycles. The molecule has 0 aliphatic rings. The number of quaternary nitrogens is 1. The van der Waals surface area contributed by atoms with Crippen LogP contribution in [0.15, 0.2) is 29.2 Å². The van der Waals surface area contributed by atoms with Crippen LogP contribution in [0.3, 0.4) is 0 Å². The summed E-state index contributed by atoms with van der Waals surface area (Å²) in [4.78, 5) is 47.9. The van der Waals surface area contributed by atoms with Crippen LogP contribution in [0.4, 0.5) is 5.69 Å². The Kier molecular flexibility index (Phi) is 47.1. The molecule has 520 valence electrons. The molecule has 0 radical (unpaired) electrons. The van der Waals surface area contributed by atoms with Crippen molar-refractivity contribution in [2.24, 2.45) is 59.2 Å². The number of esters is 1. The Bertz CT molecular complexity index is 2520. The van der Waals surface area contributed by atoms with Crippen LogP contribution >= 0.6 is 0 Å². The molecule has 1 rings (SSSR count). The average Bonchev–Trinajstić information content (AvgIpc) is 2.38. The molecule has 0 fully saturated rings. The Labute approximate surface area is 533 Å². The van der Waals surface area contributed by atoms with Crippen molar-refractivity contribution >= 4 is 69.9 Å². The molecule has 0 saturated heterocycles. The number of carbonyl (C=O) groups is 4. The first-order chi connectivity index (χ1) is 40.3. The molecule has 3 amide bonds. The number of nitrogens with one attached hydrogen (secondary N) is 4. The van der Waals surface area contributed by atoms with Crippen molar-refractivity contribution in [2.75, 3.05) is 75.4 Å². The second-order valence-electron chi connectivity index (χ2n) is 26.8. The van der Waals surface area contributed by atoms with Crippen LogP contribution < -0.4 is 21.3 Å². The summed E-state index contributed by atoms with van der Waals surface area (Å²) < 4.78 is 134. The van der Waals surface area contributed by atoms with Crippen LogP contribution in [0, 0.1) is 59.2 Å². The Hall–Kier alpha value is -3.34. The van der Waals surface area contributed by atoms with Crippen molar-refractivity contribution in [2.45, 2.75) is 212 Å². The molecule has 4 N–H and O–H groups in total. The van der Waals surface area contributed by atoms with E-state index in [0.717, 1.165) is 103 Å². The number of likely N-dealkylation sites (N-methyl/N-ethyl adjacent to an activating group) is 1. The highest BCUT2D eigenvalue weighted by Gasteiger charge is 2.26. The summed E-state index contributed by atoms with van der Waals surface area (Å²) in [6, 6.07) is 5.47. The molecule has 0 aromatic heterocycles. The van der Waals surface area contributed by atoms with E-state index in [4.69, 9.17) is 4.74 Å². The number of benzene rings is 1. The Balaban J connectivity index is -0.00000110. The number of anilines is 1. The van der Waals surface area contributed by atoms with E-state index in [2.05, 4.69) is 111 Å². The molecule has 0 aliphatic heterocycles. The molecule has 2 atom stereocenters. The topological polar surface area (TPSA) is 354 Å². The fourth-order valence-electron chi connectivity index (χ4n) is 9.37. The van der Waals surface area contributed by atoms with Crippen molar-refractivity contribution in [3.05, 3.63) is 24.3 Å². The number of carbonyl (C=O) groups excluding carboxylic acids is 4. The molecule has 0 aliphatic carbocycles. The molecule has 22 nitrogen and oxygen atoms in total. The molecule has 1 aromatic rings. The van der Waals surface area contributed by atoms with Gasteiger partial charge in [-0.15, -0.1) is 0 Å². The van der Waals surface area contributed by atoms with Crippen LogP contribution in [0.25, 0.3) is 0 Å². The lowest BCUT2D eigenvalue weighted by Gasteiger charge is -2.34. The zero-order valence-corrected chi connectivity index (χ0v) is 59.9. The minimum atomic E-state index is -4.52. The van der Waals surface area contributed by atoms with Gasteiger partial charge in [0, 0.05) is 37.2 Å². The van der Waals surface area contributed by atoms with E-state index in [1.165, 1.54) is 18.2 Å². The number of nitrogens with zero attached hydrogens (tertiary/aromatic N) is 1. The normalized spacial score (nSPS) is 13.1. The molecule has 0 spiro atoms. The summed E-state index contributed by atoms with van der Waals surface area (Å²) in [5, 5.41) is 10.5. The molecular formula is C62H118N5O17S4-3. The van der Waals surface area contributed by atoms with E-state index in [9.17, 15) is 71.1 Å². The monoisotopic (exact) mass is 1330 g/mol. The van der Waals surface area contributed by atoms with Crippen LogP contribution in [0.5, 0.6) is 0 Å². The Morgan fingerprint density at radius 2 is 0.886 bits per heavy atom. The first-order valence-electron chi connectivity index (χ1n) is 31.7. The largest absolute Gasteiger partial charge is 0.748 e. The average molecular weight is 1330 g/mol. The smallest absolute Gasteiger partial charge is 0.320 e. The standard InChI is InChI=1S/C18H29NO4S.C17H36N2O4S.C14H29NO4S.C13H27NO5S/c1-13(2)8-5-6-11-17(14(3)4)18(20)19-15-9-7-10-16(12-15)24(21,22)23;1-15(2)8-6-11-19(5,12-7-9-16(3)4)14-17(20)18-10-13-24(21,22)23;1-11(2)7-5-6-8-13(12(3)4)14(16)15-9-10-20(17,18)19;1-10(2)7-12(8-11(3)4)19-13(15)9-14-5-6-20(16,17)18/h7,9-10,12-14,17H,5-6,8,11H2,1-4H3,(H,19,20)(H,21,22,23);15-16H,6-14H2,1-5H3,(H-,18,20,21,22,23);11-13H,5-10H2,1-4H3,(H,15,16)(H,17,18,19);10-12,14H,5-9H2,1-4H3,(H,16,17,18)/p-3. The van der Waals surface area contributed by atoms with Gasteiger partial charge in [0.2, 0.25) is 11.8 Å². The van der Waals surface area contributed by atoms with Gasteiger partial charge in [-0.3, -0.25) is 19.2 Å². The zero-order chi connectivity index (χ0) is 68.6. The van der Waals surface area contributed by atoms with E-state index in [0.29, 0.717) is 52.2 Å². The Morgan fingerprint density at radius 3 is 1.27 bits per heavy atom. The van der Waals surface area contributed by atoms with Crippen LogP contribution in [-0.4, -0.2) is 156 Å². The van der Waals surface area contributed by atoms with Crippen molar-refractivity contribution < 1.29 is 80.3 Å². The lowest BCUT2D eigenvalue weighted by molar-refractivity contribution is -0.902. The predicted molar refractivity (Wildman–Crippen MR) is 347 cm³/mol. The van der Waals surface area contributed by atoms with Crippen LogP contribution in [0.1, 0.15) is 201 Å². The van der Waals surface area contributed by atoms with Gasteiger partial charge in [0.15, 0.2) is 6.54 Å². The molecule has 2 unspecified atom stereocenters. The molecule has 0 saturated carbocycles. The summed E-state index contributed by atoms with van der Waals surface area (Å²) in [5.41, 5.74) is 0.338. The molecule has 88 heavy (non-hydrogen) atoms. The van der Waals surface area contributed by atoms with E-state index < -0.39 is 63.7 Å². The lowest BCUT2D eigenvalue weighted by Crippen LogP contribution is -2.52. The van der Waals surface area contributed by atoms with Crippen LogP contribution in [-0.2, 0) is 64.4 Å².